The predicted octanol–water partition coefficient (Wildman–Crippen LogP) is 3.96. The van der Waals surface area contributed by atoms with Crippen LogP contribution in [-0.2, 0) is 4.79 Å². The number of carbonyl (C=O) groups is 1. The minimum Gasteiger partial charge on any atom is -0.298 e. The molecule has 0 amide bonds. The van der Waals surface area contributed by atoms with E-state index in [0.29, 0.717) is 23.1 Å². The summed E-state index contributed by atoms with van der Waals surface area (Å²) in [6.07, 6.45) is 7.13. The lowest BCUT2D eigenvalue weighted by atomic mass is 9.95. The average Bonchev–Trinajstić information content (AvgIpc) is 2.55. The number of piperidine rings is 1. The highest BCUT2D eigenvalue weighted by molar-refractivity contribution is 9.10. The Bertz CT molecular complexity index is 831. The van der Waals surface area contributed by atoms with Gasteiger partial charge in [-0.15, -0.1) is 0 Å². The SMILES string of the molecule is CN1C/C(=C\c2cccnc2)C(=O)/C(=C/c2ccc(F)cc2Br)C1. The van der Waals surface area contributed by atoms with Crippen LogP contribution in [0, 0.1) is 5.82 Å². The number of hydrogen-bond acceptors (Lipinski definition) is 3. The topological polar surface area (TPSA) is 33.2 Å². The first-order valence-electron chi connectivity index (χ1n) is 7.52. The van der Waals surface area contributed by atoms with Crippen LogP contribution in [0.15, 0.2) is 58.3 Å². The van der Waals surface area contributed by atoms with Gasteiger partial charge in [0.05, 0.1) is 0 Å². The van der Waals surface area contributed by atoms with Crippen LogP contribution in [0.1, 0.15) is 11.1 Å². The largest absolute Gasteiger partial charge is 0.298 e. The molecule has 1 aromatic carbocycles. The molecule has 122 valence electrons. The summed E-state index contributed by atoms with van der Waals surface area (Å²) in [5, 5.41) is 0. The Balaban J connectivity index is 1.95. The van der Waals surface area contributed by atoms with Crippen molar-refractivity contribution in [3.05, 3.63) is 75.3 Å². The zero-order chi connectivity index (χ0) is 17.1. The van der Waals surface area contributed by atoms with Crippen molar-refractivity contribution in [3.63, 3.8) is 0 Å². The Labute approximate surface area is 148 Å². The van der Waals surface area contributed by atoms with Gasteiger partial charge in [-0.2, -0.15) is 0 Å². The summed E-state index contributed by atoms with van der Waals surface area (Å²) in [4.78, 5) is 18.9. The fourth-order valence-corrected chi connectivity index (χ4v) is 3.14. The number of likely N-dealkylation sites (N-methyl/N-ethyl adjacent to an activating group) is 1. The van der Waals surface area contributed by atoms with Crippen LogP contribution in [-0.4, -0.2) is 35.8 Å². The highest BCUT2D eigenvalue weighted by atomic mass is 79.9. The van der Waals surface area contributed by atoms with Gasteiger partial charge >= 0.3 is 0 Å². The second-order valence-corrected chi connectivity index (χ2v) is 6.65. The fraction of sp³-hybridized carbons (Fsp3) is 0.158. The maximum atomic E-state index is 13.2. The number of aromatic nitrogens is 1. The van der Waals surface area contributed by atoms with Gasteiger partial charge in [0.1, 0.15) is 5.82 Å². The zero-order valence-electron chi connectivity index (χ0n) is 13.2. The summed E-state index contributed by atoms with van der Waals surface area (Å²) in [5.41, 5.74) is 3.10. The van der Waals surface area contributed by atoms with Crippen molar-refractivity contribution >= 4 is 33.9 Å². The molecule has 0 spiro atoms. The molecule has 0 bridgehead atoms. The number of halogens is 2. The van der Waals surface area contributed by atoms with E-state index in [1.807, 2.05) is 31.3 Å². The first kappa shape index (κ1) is 16.7. The number of carbonyl (C=O) groups excluding carboxylic acids is 1. The van der Waals surface area contributed by atoms with Crippen molar-refractivity contribution in [1.82, 2.24) is 9.88 Å². The van der Waals surface area contributed by atoms with E-state index in [1.165, 1.54) is 12.1 Å². The van der Waals surface area contributed by atoms with Crippen molar-refractivity contribution in [2.75, 3.05) is 20.1 Å². The summed E-state index contributed by atoms with van der Waals surface area (Å²) in [5.74, 6) is -0.290. The average molecular weight is 387 g/mol. The molecule has 0 radical (unpaired) electrons. The Kier molecular flexibility index (Phi) is 5.02. The van der Waals surface area contributed by atoms with Crippen molar-refractivity contribution in [2.45, 2.75) is 0 Å². The molecule has 1 aromatic heterocycles. The highest BCUT2D eigenvalue weighted by Crippen LogP contribution is 2.25. The Morgan fingerprint density at radius 2 is 1.96 bits per heavy atom. The Morgan fingerprint density at radius 3 is 2.62 bits per heavy atom. The van der Waals surface area contributed by atoms with Gasteiger partial charge in [-0.05, 0) is 48.5 Å². The van der Waals surface area contributed by atoms with E-state index in [2.05, 4.69) is 25.8 Å². The number of hydrogen-bond donors (Lipinski definition) is 0. The molecule has 0 atom stereocenters. The molecule has 1 saturated heterocycles. The number of benzene rings is 1. The second kappa shape index (κ2) is 7.20. The van der Waals surface area contributed by atoms with Crippen LogP contribution in [0.4, 0.5) is 4.39 Å². The molecule has 2 aromatic rings. The molecule has 0 aliphatic carbocycles. The lowest BCUT2D eigenvalue weighted by Crippen LogP contribution is -2.34. The predicted molar refractivity (Wildman–Crippen MR) is 96.8 cm³/mol. The molecule has 1 aliphatic rings. The highest BCUT2D eigenvalue weighted by Gasteiger charge is 2.24. The first-order valence-corrected chi connectivity index (χ1v) is 8.32. The van der Waals surface area contributed by atoms with E-state index >= 15 is 0 Å². The molecule has 1 aliphatic heterocycles. The van der Waals surface area contributed by atoms with Crippen molar-refractivity contribution < 1.29 is 9.18 Å². The van der Waals surface area contributed by atoms with Crippen molar-refractivity contribution in [2.24, 2.45) is 0 Å². The summed E-state index contributed by atoms with van der Waals surface area (Å²) in [6, 6.07) is 8.22. The van der Waals surface area contributed by atoms with Gasteiger partial charge in [0.2, 0.25) is 0 Å². The third kappa shape index (κ3) is 3.86. The quantitative estimate of drug-likeness (QED) is 0.732. The van der Waals surface area contributed by atoms with Crippen LogP contribution in [0.3, 0.4) is 0 Å². The molecule has 0 N–H and O–H groups in total. The molecule has 3 nitrogen and oxygen atoms in total. The molecular weight excluding hydrogens is 371 g/mol. The van der Waals surface area contributed by atoms with Crippen LogP contribution in [0.2, 0.25) is 0 Å². The lowest BCUT2D eigenvalue weighted by Gasteiger charge is -2.26. The van der Waals surface area contributed by atoms with E-state index in [4.69, 9.17) is 0 Å². The zero-order valence-corrected chi connectivity index (χ0v) is 14.8. The maximum absolute atomic E-state index is 13.2. The van der Waals surface area contributed by atoms with Gasteiger partial charge in [0.15, 0.2) is 5.78 Å². The van der Waals surface area contributed by atoms with Gasteiger partial charge in [-0.3, -0.25) is 14.7 Å². The van der Waals surface area contributed by atoms with Crippen LogP contribution in [0.25, 0.3) is 12.2 Å². The Hall–Kier alpha value is -2.11. The number of ketones is 1. The summed E-state index contributed by atoms with van der Waals surface area (Å²) < 4.78 is 13.9. The number of rotatable bonds is 2. The smallest absolute Gasteiger partial charge is 0.187 e. The van der Waals surface area contributed by atoms with Gasteiger partial charge < -0.3 is 0 Å². The third-order valence-electron chi connectivity index (χ3n) is 3.78. The van der Waals surface area contributed by atoms with Gasteiger partial charge in [0, 0.05) is 41.1 Å². The molecule has 24 heavy (non-hydrogen) atoms. The minimum atomic E-state index is -0.312. The summed E-state index contributed by atoms with van der Waals surface area (Å²) in [7, 11) is 1.97. The molecule has 0 unspecified atom stereocenters. The molecular formula is C19H16BrFN2O. The van der Waals surface area contributed by atoms with Crippen LogP contribution >= 0.6 is 15.9 Å². The molecule has 5 heteroatoms. The van der Waals surface area contributed by atoms with Crippen molar-refractivity contribution in [1.29, 1.82) is 0 Å². The van der Waals surface area contributed by atoms with Crippen LogP contribution in [0.5, 0.6) is 0 Å². The van der Waals surface area contributed by atoms with Crippen LogP contribution < -0.4 is 0 Å². The van der Waals surface area contributed by atoms with Gasteiger partial charge in [-0.1, -0.05) is 28.1 Å². The van der Waals surface area contributed by atoms with E-state index in [1.54, 1.807) is 18.5 Å². The molecule has 1 fully saturated rings. The normalized spacial score (nSPS) is 19.2. The summed E-state index contributed by atoms with van der Waals surface area (Å²) >= 11 is 3.35. The van der Waals surface area contributed by atoms with E-state index in [9.17, 15) is 9.18 Å². The first-order chi connectivity index (χ1) is 11.5. The molecule has 2 heterocycles. The molecule has 0 saturated carbocycles. The Morgan fingerprint density at radius 1 is 1.21 bits per heavy atom. The monoisotopic (exact) mass is 386 g/mol. The number of pyridine rings is 1. The van der Waals surface area contributed by atoms with Gasteiger partial charge in [-0.25, -0.2) is 4.39 Å². The number of Topliss-reactive ketones (excluding diaryl/α,β-unsaturated/α-hetero) is 1. The number of nitrogens with zero attached hydrogens (tertiary/aromatic N) is 2. The van der Waals surface area contributed by atoms with Gasteiger partial charge in [0.25, 0.3) is 0 Å². The van der Waals surface area contributed by atoms with E-state index in [-0.39, 0.29) is 11.6 Å². The molecule has 3 rings (SSSR count). The lowest BCUT2D eigenvalue weighted by molar-refractivity contribution is -0.113. The second-order valence-electron chi connectivity index (χ2n) is 5.79. The number of likely N-dealkylation sites (tertiary alicyclic amines) is 1. The third-order valence-corrected chi connectivity index (χ3v) is 4.47. The van der Waals surface area contributed by atoms with E-state index < -0.39 is 0 Å². The van der Waals surface area contributed by atoms with E-state index in [0.717, 1.165) is 16.7 Å². The van der Waals surface area contributed by atoms with Crippen molar-refractivity contribution in [3.8, 4) is 0 Å². The minimum absolute atomic E-state index is 0.0215. The summed E-state index contributed by atoms with van der Waals surface area (Å²) in [6.45, 7) is 1.16. The standard InChI is InChI=1S/C19H16BrFN2O/c1-23-11-15(7-13-3-2-6-22-10-13)19(24)16(12-23)8-14-4-5-17(21)9-18(14)20/h2-10H,11-12H2,1H3/b15-7+,16-8+. The fourth-order valence-electron chi connectivity index (χ4n) is 2.68. The maximum Gasteiger partial charge on any atom is 0.187 e.